The number of carbonyl (C=O) groups is 2. The molecule has 152 valence electrons. The quantitative estimate of drug-likeness (QED) is 0.481. The van der Waals surface area contributed by atoms with Crippen LogP contribution in [0.25, 0.3) is 6.08 Å². The molecule has 0 saturated carbocycles. The maximum atomic E-state index is 12.9. The van der Waals surface area contributed by atoms with Crippen LogP contribution >= 0.6 is 35.0 Å². The van der Waals surface area contributed by atoms with E-state index in [2.05, 4.69) is 0 Å². The maximum Gasteiger partial charge on any atom is 0.293 e. The van der Waals surface area contributed by atoms with Gasteiger partial charge in [-0.1, -0.05) is 29.3 Å². The predicted molar refractivity (Wildman–Crippen MR) is 117 cm³/mol. The van der Waals surface area contributed by atoms with E-state index in [-0.39, 0.29) is 11.8 Å². The van der Waals surface area contributed by atoms with Crippen molar-refractivity contribution in [1.82, 2.24) is 4.90 Å². The molecule has 0 atom stereocenters. The van der Waals surface area contributed by atoms with E-state index in [4.69, 9.17) is 32.7 Å². The van der Waals surface area contributed by atoms with Crippen LogP contribution in [-0.4, -0.2) is 29.3 Å². The minimum Gasteiger partial charge on any atom is -0.494 e. The summed E-state index contributed by atoms with van der Waals surface area (Å²) >= 11 is 13.2. The van der Waals surface area contributed by atoms with Gasteiger partial charge in [0.25, 0.3) is 11.1 Å². The lowest BCUT2D eigenvalue weighted by atomic mass is 10.1. The summed E-state index contributed by atoms with van der Waals surface area (Å²) in [5.41, 5.74) is 1.23. The zero-order chi connectivity index (χ0) is 21.0. The summed E-state index contributed by atoms with van der Waals surface area (Å²) in [4.78, 5) is 26.7. The second kappa shape index (κ2) is 9.57. The fraction of sp³-hybridized carbons (Fsp3) is 0.238. The number of halogens is 2. The minimum atomic E-state index is -0.396. The number of nitrogens with zero attached hydrogens (tertiary/aromatic N) is 1. The molecule has 1 fully saturated rings. The number of carbonyl (C=O) groups excluding carboxylic acids is 2. The topological polar surface area (TPSA) is 55.8 Å². The van der Waals surface area contributed by atoms with Crippen molar-refractivity contribution in [1.29, 1.82) is 0 Å². The molecule has 2 aromatic carbocycles. The van der Waals surface area contributed by atoms with Crippen molar-refractivity contribution in [3.8, 4) is 11.5 Å². The molecule has 1 heterocycles. The van der Waals surface area contributed by atoms with E-state index in [0.717, 1.165) is 16.7 Å². The Balaban J connectivity index is 1.88. The molecule has 8 heteroatoms. The number of benzene rings is 2. The fourth-order valence-electron chi connectivity index (χ4n) is 2.79. The molecular formula is C21H19Cl2NO4S. The zero-order valence-corrected chi connectivity index (χ0v) is 18.2. The van der Waals surface area contributed by atoms with Crippen LogP contribution in [0.1, 0.15) is 25.0 Å². The number of thioether (sulfide) groups is 1. The molecule has 3 rings (SSSR count). The number of imide groups is 1. The standard InChI is InChI=1S/C21H19Cl2NO4S/c1-3-27-14-9-8-13(18(11-14)28-4-2)10-19-20(25)24(21(26)29-19)12-15-16(22)6-5-7-17(15)23/h5-11H,3-4,12H2,1-2H3/b19-10-. The Bertz CT molecular complexity index is 957. The van der Waals surface area contributed by atoms with Gasteiger partial charge in [-0.3, -0.25) is 14.5 Å². The highest BCUT2D eigenvalue weighted by Gasteiger charge is 2.36. The molecule has 0 aromatic heterocycles. The number of rotatable bonds is 7. The third-order valence-corrected chi connectivity index (χ3v) is 5.75. The van der Waals surface area contributed by atoms with E-state index in [0.29, 0.717) is 50.8 Å². The van der Waals surface area contributed by atoms with E-state index < -0.39 is 5.91 Å². The number of hydrogen-bond donors (Lipinski definition) is 0. The Labute approximate surface area is 183 Å². The van der Waals surface area contributed by atoms with Crippen LogP contribution in [0.2, 0.25) is 10.0 Å². The van der Waals surface area contributed by atoms with Crippen LogP contribution in [0, 0.1) is 0 Å². The van der Waals surface area contributed by atoms with Gasteiger partial charge in [-0.2, -0.15) is 0 Å². The predicted octanol–water partition coefficient (Wildman–Crippen LogP) is 6.03. The Hall–Kier alpha value is -2.15. The molecule has 0 bridgehead atoms. The molecule has 0 aliphatic carbocycles. The third kappa shape index (κ3) is 4.89. The lowest BCUT2D eigenvalue weighted by molar-refractivity contribution is -0.123. The molecule has 5 nitrogen and oxygen atoms in total. The van der Waals surface area contributed by atoms with Crippen molar-refractivity contribution in [2.45, 2.75) is 20.4 Å². The van der Waals surface area contributed by atoms with Crippen molar-refractivity contribution in [3.05, 3.63) is 62.5 Å². The van der Waals surface area contributed by atoms with E-state index in [1.54, 1.807) is 42.5 Å². The second-order valence-corrected chi connectivity index (χ2v) is 7.84. The molecule has 0 N–H and O–H groups in total. The van der Waals surface area contributed by atoms with Crippen molar-refractivity contribution >= 4 is 52.2 Å². The van der Waals surface area contributed by atoms with Crippen LogP contribution in [0.15, 0.2) is 41.3 Å². The molecule has 2 amide bonds. The van der Waals surface area contributed by atoms with Gasteiger partial charge in [0.2, 0.25) is 0 Å². The van der Waals surface area contributed by atoms with Crippen molar-refractivity contribution in [3.63, 3.8) is 0 Å². The Morgan fingerprint density at radius 1 is 1.03 bits per heavy atom. The van der Waals surface area contributed by atoms with Crippen LogP contribution < -0.4 is 9.47 Å². The molecule has 1 saturated heterocycles. The van der Waals surface area contributed by atoms with Crippen LogP contribution in [0.4, 0.5) is 4.79 Å². The molecule has 0 unspecified atom stereocenters. The third-order valence-electron chi connectivity index (χ3n) is 4.13. The SMILES string of the molecule is CCOc1ccc(/C=C2\SC(=O)N(Cc3c(Cl)cccc3Cl)C2=O)c(OCC)c1. The number of hydrogen-bond acceptors (Lipinski definition) is 5. The fourth-order valence-corrected chi connectivity index (χ4v) is 4.14. The summed E-state index contributed by atoms with van der Waals surface area (Å²) in [6, 6.07) is 10.4. The highest BCUT2D eigenvalue weighted by molar-refractivity contribution is 8.18. The first-order valence-corrected chi connectivity index (χ1v) is 10.6. The van der Waals surface area contributed by atoms with E-state index in [1.165, 1.54) is 0 Å². The summed E-state index contributed by atoms with van der Waals surface area (Å²) < 4.78 is 11.2. The summed E-state index contributed by atoms with van der Waals surface area (Å²) in [5.74, 6) is 0.862. The summed E-state index contributed by atoms with van der Waals surface area (Å²) in [6.07, 6.45) is 1.65. The monoisotopic (exact) mass is 451 g/mol. The molecule has 0 radical (unpaired) electrons. The maximum absolute atomic E-state index is 12.9. The first-order valence-electron chi connectivity index (χ1n) is 9.02. The number of amides is 2. The molecule has 29 heavy (non-hydrogen) atoms. The average Bonchev–Trinajstić information content (AvgIpc) is 2.94. The van der Waals surface area contributed by atoms with Gasteiger partial charge in [0.05, 0.1) is 24.7 Å². The Morgan fingerprint density at radius 2 is 1.72 bits per heavy atom. The average molecular weight is 452 g/mol. The normalized spacial score (nSPS) is 15.3. The lowest BCUT2D eigenvalue weighted by Gasteiger charge is -2.15. The second-order valence-electron chi connectivity index (χ2n) is 6.03. The minimum absolute atomic E-state index is 0.0160. The zero-order valence-electron chi connectivity index (χ0n) is 15.9. The molecule has 2 aromatic rings. The Kier molecular flexibility index (Phi) is 7.11. The highest BCUT2D eigenvalue weighted by atomic mass is 35.5. The van der Waals surface area contributed by atoms with E-state index in [9.17, 15) is 9.59 Å². The highest BCUT2D eigenvalue weighted by Crippen LogP contribution is 2.37. The molecule has 1 aliphatic rings. The molecular weight excluding hydrogens is 433 g/mol. The molecule has 1 aliphatic heterocycles. The van der Waals surface area contributed by atoms with Gasteiger partial charge >= 0.3 is 0 Å². The van der Waals surface area contributed by atoms with E-state index >= 15 is 0 Å². The summed E-state index contributed by atoms with van der Waals surface area (Å²) in [5, 5.41) is 0.442. The van der Waals surface area contributed by atoms with Gasteiger partial charge in [0.15, 0.2) is 0 Å². The molecule has 0 spiro atoms. The Morgan fingerprint density at radius 3 is 2.38 bits per heavy atom. The lowest BCUT2D eigenvalue weighted by Crippen LogP contribution is -2.27. The van der Waals surface area contributed by atoms with Crippen molar-refractivity contribution in [2.24, 2.45) is 0 Å². The van der Waals surface area contributed by atoms with E-state index in [1.807, 2.05) is 13.8 Å². The van der Waals surface area contributed by atoms with Gasteiger partial charge in [-0.25, -0.2) is 0 Å². The largest absolute Gasteiger partial charge is 0.494 e. The van der Waals surface area contributed by atoms with Crippen LogP contribution in [-0.2, 0) is 11.3 Å². The van der Waals surface area contributed by atoms with Gasteiger partial charge in [0, 0.05) is 27.2 Å². The van der Waals surface area contributed by atoms with Gasteiger partial charge in [-0.05, 0) is 56.0 Å². The summed E-state index contributed by atoms with van der Waals surface area (Å²) in [6.45, 7) is 4.79. The number of ether oxygens (including phenoxy) is 2. The van der Waals surface area contributed by atoms with Crippen LogP contribution in [0.5, 0.6) is 11.5 Å². The van der Waals surface area contributed by atoms with Crippen molar-refractivity contribution in [2.75, 3.05) is 13.2 Å². The summed E-state index contributed by atoms with van der Waals surface area (Å²) in [7, 11) is 0. The van der Waals surface area contributed by atoms with Gasteiger partial charge in [0.1, 0.15) is 11.5 Å². The smallest absolute Gasteiger partial charge is 0.293 e. The first-order chi connectivity index (χ1) is 13.9. The van der Waals surface area contributed by atoms with Crippen LogP contribution in [0.3, 0.4) is 0 Å². The van der Waals surface area contributed by atoms with Crippen molar-refractivity contribution < 1.29 is 19.1 Å². The first kappa shape index (κ1) is 21.6. The van der Waals surface area contributed by atoms with Gasteiger partial charge < -0.3 is 9.47 Å². The van der Waals surface area contributed by atoms with Gasteiger partial charge in [-0.15, -0.1) is 0 Å².